The SMILES string of the molecule is O=C(O)CCC1(CC(=O)O)CCCCC1=O. The quantitative estimate of drug-likeness (QED) is 0.743. The van der Waals surface area contributed by atoms with Gasteiger partial charge in [-0.05, 0) is 19.3 Å². The van der Waals surface area contributed by atoms with Gasteiger partial charge in [0.2, 0.25) is 0 Å². The maximum absolute atomic E-state index is 11.8. The van der Waals surface area contributed by atoms with Crippen molar-refractivity contribution in [3.8, 4) is 0 Å². The van der Waals surface area contributed by atoms with Crippen molar-refractivity contribution < 1.29 is 24.6 Å². The van der Waals surface area contributed by atoms with Gasteiger partial charge in [-0.1, -0.05) is 6.42 Å². The van der Waals surface area contributed by atoms with Crippen molar-refractivity contribution in [2.45, 2.75) is 44.9 Å². The van der Waals surface area contributed by atoms with E-state index in [4.69, 9.17) is 10.2 Å². The fourth-order valence-electron chi connectivity index (χ4n) is 2.33. The number of carboxylic acid groups (broad SMARTS) is 2. The summed E-state index contributed by atoms with van der Waals surface area (Å²) in [6, 6.07) is 0. The molecule has 5 heteroatoms. The van der Waals surface area contributed by atoms with Gasteiger partial charge in [0.25, 0.3) is 0 Å². The van der Waals surface area contributed by atoms with Crippen molar-refractivity contribution >= 4 is 17.7 Å². The molecule has 0 bridgehead atoms. The summed E-state index contributed by atoms with van der Waals surface area (Å²) in [6.45, 7) is 0. The van der Waals surface area contributed by atoms with Crippen LogP contribution in [0.25, 0.3) is 0 Å². The van der Waals surface area contributed by atoms with Gasteiger partial charge in [0.05, 0.1) is 6.42 Å². The van der Waals surface area contributed by atoms with E-state index in [2.05, 4.69) is 0 Å². The molecule has 0 aliphatic heterocycles. The first-order chi connectivity index (χ1) is 7.46. The summed E-state index contributed by atoms with van der Waals surface area (Å²) in [7, 11) is 0. The van der Waals surface area contributed by atoms with Gasteiger partial charge in [0.1, 0.15) is 5.78 Å². The van der Waals surface area contributed by atoms with Crippen LogP contribution >= 0.6 is 0 Å². The van der Waals surface area contributed by atoms with E-state index in [1.165, 1.54) is 0 Å². The molecule has 0 aromatic rings. The molecule has 2 N–H and O–H groups in total. The molecule has 1 atom stereocenters. The van der Waals surface area contributed by atoms with Crippen LogP contribution in [0.3, 0.4) is 0 Å². The molecule has 0 amide bonds. The van der Waals surface area contributed by atoms with Gasteiger partial charge in [-0.2, -0.15) is 0 Å². The number of aliphatic carboxylic acids is 2. The van der Waals surface area contributed by atoms with Gasteiger partial charge < -0.3 is 10.2 Å². The third-order valence-electron chi connectivity index (χ3n) is 3.21. The molecule has 16 heavy (non-hydrogen) atoms. The minimum absolute atomic E-state index is 0.0811. The van der Waals surface area contributed by atoms with Gasteiger partial charge in [0, 0.05) is 18.3 Å². The summed E-state index contributed by atoms with van der Waals surface area (Å²) in [6.07, 6.45) is 2.25. The molecular formula is C11H16O5. The van der Waals surface area contributed by atoms with Gasteiger partial charge in [-0.15, -0.1) is 0 Å². The zero-order chi connectivity index (χ0) is 12.2. The lowest BCUT2D eigenvalue weighted by Crippen LogP contribution is -2.37. The van der Waals surface area contributed by atoms with E-state index in [1.807, 2.05) is 0 Å². The fourth-order valence-corrected chi connectivity index (χ4v) is 2.33. The topological polar surface area (TPSA) is 91.7 Å². The van der Waals surface area contributed by atoms with Crippen LogP contribution in [0.5, 0.6) is 0 Å². The van der Waals surface area contributed by atoms with E-state index in [0.717, 1.165) is 12.8 Å². The van der Waals surface area contributed by atoms with E-state index < -0.39 is 17.4 Å². The highest BCUT2D eigenvalue weighted by atomic mass is 16.4. The molecule has 0 radical (unpaired) electrons. The van der Waals surface area contributed by atoms with Crippen LogP contribution < -0.4 is 0 Å². The fraction of sp³-hybridized carbons (Fsp3) is 0.727. The second kappa shape index (κ2) is 5.09. The first-order valence-corrected chi connectivity index (χ1v) is 5.43. The van der Waals surface area contributed by atoms with Crippen LogP contribution in [0.2, 0.25) is 0 Å². The van der Waals surface area contributed by atoms with E-state index in [9.17, 15) is 14.4 Å². The van der Waals surface area contributed by atoms with E-state index in [-0.39, 0.29) is 25.0 Å². The zero-order valence-electron chi connectivity index (χ0n) is 9.07. The highest BCUT2D eigenvalue weighted by Crippen LogP contribution is 2.40. The Hall–Kier alpha value is -1.39. The second-order valence-corrected chi connectivity index (χ2v) is 4.37. The Morgan fingerprint density at radius 3 is 2.38 bits per heavy atom. The second-order valence-electron chi connectivity index (χ2n) is 4.37. The number of carbonyl (C=O) groups is 3. The standard InChI is InChI=1S/C11H16O5/c12-8-3-1-2-5-11(8,7-10(15)16)6-4-9(13)14/h1-7H2,(H,13,14)(H,15,16). The average Bonchev–Trinajstić information content (AvgIpc) is 2.18. The largest absolute Gasteiger partial charge is 0.481 e. The summed E-state index contributed by atoms with van der Waals surface area (Å²) in [5.74, 6) is -2.09. The zero-order valence-corrected chi connectivity index (χ0v) is 9.07. The minimum atomic E-state index is -1.03. The Morgan fingerprint density at radius 1 is 1.19 bits per heavy atom. The average molecular weight is 228 g/mol. The molecule has 1 fully saturated rings. The Balaban J connectivity index is 2.77. The number of carboxylic acids is 2. The molecule has 0 saturated heterocycles. The molecule has 1 unspecified atom stereocenters. The third kappa shape index (κ3) is 3.05. The van der Waals surface area contributed by atoms with Crippen LogP contribution in [0, 0.1) is 5.41 Å². The maximum Gasteiger partial charge on any atom is 0.304 e. The van der Waals surface area contributed by atoms with Crippen LogP contribution in [-0.2, 0) is 14.4 Å². The molecule has 0 heterocycles. The monoisotopic (exact) mass is 228 g/mol. The summed E-state index contributed by atoms with van der Waals surface area (Å²) in [4.78, 5) is 33.1. The molecule has 1 aliphatic carbocycles. The summed E-state index contributed by atoms with van der Waals surface area (Å²) < 4.78 is 0. The molecule has 0 aromatic heterocycles. The molecule has 1 rings (SSSR count). The van der Waals surface area contributed by atoms with Crippen molar-refractivity contribution in [3.63, 3.8) is 0 Å². The number of carbonyl (C=O) groups excluding carboxylic acids is 1. The lowest BCUT2D eigenvalue weighted by Gasteiger charge is -2.34. The number of hydrogen-bond acceptors (Lipinski definition) is 3. The van der Waals surface area contributed by atoms with Crippen LogP contribution in [0.4, 0.5) is 0 Å². The molecule has 90 valence electrons. The van der Waals surface area contributed by atoms with E-state index >= 15 is 0 Å². The Morgan fingerprint density at radius 2 is 1.88 bits per heavy atom. The third-order valence-corrected chi connectivity index (χ3v) is 3.21. The summed E-state index contributed by atoms with van der Waals surface area (Å²) >= 11 is 0. The Bertz CT molecular complexity index is 309. The number of ketones is 1. The number of hydrogen-bond donors (Lipinski definition) is 2. The van der Waals surface area contributed by atoms with Crippen molar-refractivity contribution in [2.75, 3.05) is 0 Å². The lowest BCUT2D eigenvalue weighted by molar-refractivity contribution is -0.148. The molecular weight excluding hydrogens is 212 g/mol. The molecule has 1 aliphatic rings. The molecule has 5 nitrogen and oxygen atoms in total. The number of rotatable bonds is 5. The lowest BCUT2D eigenvalue weighted by atomic mass is 9.68. The van der Waals surface area contributed by atoms with Crippen molar-refractivity contribution in [1.29, 1.82) is 0 Å². The van der Waals surface area contributed by atoms with Crippen LogP contribution in [0.15, 0.2) is 0 Å². The van der Waals surface area contributed by atoms with Gasteiger partial charge in [-0.25, -0.2) is 0 Å². The Kier molecular flexibility index (Phi) is 4.04. The van der Waals surface area contributed by atoms with Gasteiger partial charge in [0.15, 0.2) is 0 Å². The molecule has 0 spiro atoms. The predicted octanol–water partition coefficient (Wildman–Crippen LogP) is 1.46. The first-order valence-electron chi connectivity index (χ1n) is 5.43. The van der Waals surface area contributed by atoms with E-state index in [0.29, 0.717) is 12.8 Å². The summed E-state index contributed by atoms with van der Waals surface area (Å²) in [5.41, 5.74) is -0.928. The Labute approximate surface area is 93.5 Å². The van der Waals surface area contributed by atoms with Crippen molar-refractivity contribution in [2.24, 2.45) is 5.41 Å². The van der Waals surface area contributed by atoms with Gasteiger partial charge in [-0.3, -0.25) is 14.4 Å². The van der Waals surface area contributed by atoms with E-state index in [1.54, 1.807) is 0 Å². The van der Waals surface area contributed by atoms with Crippen molar-refractivity contribution in [1.82, 2.24) is 0 Å². The van der Waals surface area contributed by atoms with Gasteiger partial charge >= 0.3 is 11.9 Å². The maximum atomic E-state index is 11.8. The smallest absolute Gasteiger partial charge is 0.304 e. The normalized spacial score (nSPS) is 25.4. The molecule has 1 saturated carbocycles. The minimum Gasteiger partial charge on any atom is -0.481 e. The predicted molar refractivity (Wildman–Crippen MR) is 55.0 cm³/mol. The highest BCUT2D eigenvalue weighted by molar-refractivity contribution is 5.89. The first kappa shape index (κ1) is 12.7. The summed E-state index contributed by atoms with van der Waals surface area (Å²) in [5, 5.41) is 17.4. The van der Waals surface area contributed by atoms with Crippen LogP contribution in [-0.4, -0.2) is 27.9 Å². The number of Topliss-reactive ketones (excluding diaryl/α,β-unsaturated/α-hetero) is 1. The van der Waals surface area contributed by atoms with Crippen molar-refractivity contribution in [3.05, 3.63) is 0 Å². The molecule has 0 aromatic carbocycles. The highest BCUT2D eigenvalue weighted by Gasteiger charge is 2.41. The van der Waals surface area contributed by atoms with Crippen LogP contribution in [0.1, 0.15) is 44.9 Å².